The number of carbonyl (C=O) groups is 1. The van der Waals surface area contributed by atoms with Gasteiger partial charge < -0.3 is 19.9 Å². The molecule has 1 aromatic heterocycles. The van der Waals surface area contributed by atoms with Crippen LogP contribution in [0.4, 0.5) is 0 Å². The summed E-state index contributed by atoms with van der Waals surface area (Å²) in [4.78, 5) is 15.3. The largest absolute Gasteiger partial charge is 0.494 e. The highest BCUT2D eigenvalue weighted by Crippen LogP contribution is 2.29. The minimum Gasteiger partial charge on any atom is -0.494 e. The van der Waals surface area contributed by atoms with Gasteiger partial charge >= 0.3 is 0 Å². The predicted octanol–water partition coefficient (Wildman–Crippen LogP) is 5.68. The highest BCUT2D eigenvalue weighted by molar-refractivity contribution is 6.30. The third-order valence-electron chi connectivity index (χ3n) is 6.71. The predicted molar refractivity (Wildman–Crippen MR) is 135 cm³/mol. The van der Waals surface area contributed by atoms with Gasteiger partial charge in [0.05, 0.1) is 6.54 Å². The maximum Gasteiger partial charge on any atom is 0.251 e. The van der Waals surface area contributed by atoms with E-state index >= 15 is 0 Å². The van der Waals surface area contributed by atoms with Gasteiger partial charge in [0.15, 0.2) is 5.88 Å². The Labute approximate surface area is 201 Å². The SMILES string of the molecule is CC(C)C1CCCCN1CCCNC(=O)c1ccc2cn(Cc3cccc(Cl)c3)c(O)c2c1. The molecule has 33 heavy (non-hydrogen) atoms. The second-order valence-corrected chi connectivity index (χ2v) is 9.90. The Kier molecular flexibility index (Phi) is 7.61. The van der Waals surface area contributed by atoms with Crippen LogP contribution in [0.1, 0.15) is 55.5 Å². The Morgan fingerprint density at radius 2 is 2.06 bits per heavy atom. The van der Waals surface area contributed by atoms with Gasteiger partial charge in [-0.05, 0) is 61.6 Å². The Balaban J connectivity index is 1.36. The third kappa shape index (κ3) is 5.71. The maximum atomic E-state index is 12.7. The zero-order valence-corrected chi connectivity index (χ0v) is 20.3. The van der Waals surface area contributed by atoms with Gasteiger partial charge in [-0.15, -0.1) is 0 Å². The topological polar surface area (TPSA) is 57.5 Å². The lowest BCUT2D eigenvalue weighted by Gasteiger charge is -2.38. The molecule has 1 saturated heterocycles. The minimum atomic E-state index is -0.0991. The maximum absolute atomic E-state index is 12.7. The highest BCUT2D eigenvalue weighted by atomic mass is 35.5. The van der Waals surface area contributed by atoms with Crippen molar-refractivity contribution < 1.29 is 9.90 Å². The van der Waals surface area contributed by atoms with Crippen molar-refractivity contribution >= 4 is 28.3 Å². The molecule has 2 heterocycles. The van der Waals surface area contributed by atoms with Crippen LogP contribution >= 0.6 is 11.6 Å². The molecule has 6 heteroatoms. The molecule has 0 radical (unpaired) electrons. The van der Waals surface area contributed by atoms with Gasteiger partial charge in [-0.2, -0.15) is 0 Å². The van der Waals surface area contributed by atoms with E-state index < -0.39 is 0 Å². The van der Waals surface area contributed by atoms with Crippen LogP contribution in [0.3, 0.4) is 0 Å². The number of hydrogen-bond donors (Lipinski definition) is 2. The Morgan fingerprint density at radius 3 is 2.85 bits per heavy atom. The fourth-order valence-corrected chi connectivity index (χ4v) is 5.19. The molecule has 0 bridgehead atoms. The van der Waals surface area contributed by atoms with Crippen LogP contribution in [0.15, 0.2) is 48.7 Å². The smallest absolute Gasteiger partial charge is 0.251 e. The highest BCUT2D eigenvalue weighted by Gasteiger charge is 2.24. The molecule has 0 aliphatic carbocycles. The van der Waals surface area contributed by atoms with Crippen molar-refractivity contribution in [1.29, 1.82) is 0 Å². The Hall–Kier alpha value is -2.50. The summed E-state index contributed by atoms with van der Waals surface area (Å²) in [6, 6.07) is 13.7. The lowest BCUT2D eigenvalue weighted by atomic mass is 9.92. The fourth-order valence-electron chi connectivity index (χ4n) is 4.98. The molecular weight excluding hydrogens is 434 g/mol. The molecule has 4 rings (SSSR count). The van der Waals surface area contributed by atoms with Gasteiger partial charge in [0.25, 0.3) is 5.91 Å². The van der Waals surface area contributed by atoms with Crippen molar-refractivity contribution in [3.8, 4) is 5.88 Å². The number of nitrogens with one attached hydrogen (secondary N) is 1. The van der Waals surface area contributed by atoms with E-state index in [9.17, 15) is 9.90 Å². The number of halogens is 1. The molecule has 0 spiro atoms. The number of fused-ring (bicyclic) bond motifs is 1. The summed E-state index contributed by atoms with van der Waals surface area (Å²) >= 11 is 6.08. The molecule has 1 fully saturated rings. The van der Waals surface area contributed by atoms with Gasteiger partial charge in [0, 0.05) is 46.7 Å². The quantitative estimate of drug-likeness (QED) is 0.419. The summed E-state index contributed by atoms with van der Waals surface area (Å²) in [5, 5.41) is 16.0. The number of rotatable bonds is 8. The monoisotopic (exact) mass is 467 g/mol. The summed E-state index contributed by atoms with van der Waals surface area (Å²) in [5.74, 6) is 0.730. The molecule has 2 aromatic carbocycles. The van der Waals surface area contributed by atoms with Crippen LogP contribution in [0.5, 0.6) is 5.88 Å². The summed E-state index contributed by atoms with van der Waals surface area (Å²) in [6.45, 7) is 7.96. The Bertz CT molecular complexity index is 1110. The van der Waals surface area contributed by atoms with Crippen LogP contribution in [-0.2, 0) is 6.54 Å². The molecule has 1 unspecified atom stereocenters. The summed E-state index contributed by atoms with van der Waals surface area (Å²) in [6.07, 6.45) is 6.72. The minimum absolute atomic E-state index is 0.0991. The normalized spacial score (nSPS) is 17.0. The standard InChI is InChI=1S/C27H34ClN3O2/c1-19(2)25-9-3-4-13-30(25)14-6-12-29-26(32)21-10-11-22-18-31(27(33)24(22)16-21)17-20-7-5-8-23(28)15-20/h5,7-8,10-11,15-16,18-19,25,33H,3-4,6,9,12-14,17H2,1-2H3,(H,29,32). The summed E-state index contributed by atoms with van der Waals surface area (Å²) < 4.78 is 1.78. The van der Waals surface area contributed by atoms with E-state index in [1.807, 2.05) is 42.6 Å². The summed E-state index contributed by atoms with van der Waals surface area (Å²) in [5.41, 5.74) is 1.57. The number of amides is 1. The number of nitrogens with zero attached hydrogens (tertiary/aromatic N) is 2. The van der Waals surface area contributed by atoms with Crippen LogP contribution < -0.4 is 5.32 Å². The van der Waals surface area contributed by atoms with Crippen molar-refractivity contribution in [2.24, 2.45) is 5.92 Å². The molecular formula is C27H34ClN3O2. The second kappa shape index (κ2) is 10.6. The van der Waals surface area contributed by atoms with E-state index in [1.165, 1.54) is 25.8 Å². The molecule has 0 saturated carbocycles. The van der Waals surface area contributed by atoms with E-state index in [0.29, 0.717) is 41.0 Å². The van der Waals surface area contributed by atoms with Gasteiger partial charge in [0.1, 0.15) is 0 Å². The van der Waals surface area contributed by atoms with Gasteiger partial charge in [-0.25, -0.2) is 0 Å². The molecule has 1 aliphatic rings. The van der Waals surface area contributed by atoms with Gasteiger partial charge in [-0.3, -0.25) is 4.79 Å². The number of aromatic hydroxyl groups is 1. The number of benzene rings is 2. The zero-order valence-electron chi connectivity index (χ0n) is 19.6. The van der Waals surface area contributed by atoms with E-state index in [0.717, 1.165) is 23.9 Å². The molecule has 1 amide bonds. The molecule has 176 valence electrons. The van der Waals surface area contributed by atoms with Crippen LogP contribution in [-0.4, -0.2) is 46.2 Å². The zero-order chi connectivity index (χ0) is 23.4. The first kappa shape index (κ1) is 23.7. The number of carbonyl (C=O) groups excluding carboxylic acids is 1. The van der Waals surface area contributed by atoms with Crippen molar-refractivity contribution in [3.63, 3.8) is 0 Å². The molecule has 1 atom stereocenters. The first-order chi connectivity index (χ1) is 15.9. The van der Waals surface area contributed by atoms with Crippen LogP contribution in [0.25, 0.3) is 10.8 Å². The summed E-state index contributed by atoms with van der Waals surface area (Å²) in [7, 11) is 0. The Morgan fingerprint density at radius 1 is 1.21 bits per heavy atom. The van der Waals surface area contributed by atoms with E-state index in [2.05, 4.69) is 24.1 Å². The molecule has 5 nitrogen and oxygen atoms in total. The van der Waals surface area contributed by atoms with E-state index in [4.69, 9.17) is 11.6 Å². The molecule has 3 aromatic rings. The van der Waals surface area contributed by atoms with Crippen LogP contribution in [0.2, 0.25) is 5.02 Å². The van der Waals surface area contributed by atoms with Crippen LogP contribution in [0, 0.1) is 5.92 Å². The first-order valence-corrected chi connectivity index (χ1v) is 12.4. The first-order valence-electron chi connectivity index (χ1n) is 12.0. The lowest BCUT2D eigenvalue weighted by Crippen LogP contribution is -2.43. The second-order valence-electron chi connectivity index (χ2n) is 9.47. The van der Waals surface area contributed by atoms with Crippen molar-refractivity contribution in [2.75, 3.05) is 19.6 Å². The molecule has 2 N–H and O–H groups in total. The van der Waals surface area contributed by atoms with Gasteiger partial charge in [0.2, 0.25) is 0 Å². The van der Waals surface area contributed by atoms with Crippen molar-refractivity contribution in [2.45, 2.75) is 52.1 Å². The van der Waals surface area contributed by atoms with E-state index in [-0.39, 0.29) is 11.8 Å². The number of likely N-dealkylation sites (tertiary alicyclic amines) is 1. The van der Waals surface area contributed by atoms with Crippen molar-refractivity contribution in [3.05, 3.63) is 64.8 Å². The van der Waals surface area contributed by atoms with E-state index in [1.54, 1.807) is 10.6 Å². The average Bonchev–Trinajstić information content (AvgIpc) is 3.11. The van der Waals surface area contributed by atoms with Gasteiger partial charge in [-0.1, -0.05) is 50.1 Å². The third-order valence-corrected chi connectivity index (χ3v) is 6.94. The molecule has 1 aliphatic heterocycles. The fraction of sp³-hybridized carbons (Fsp3) is 0.444. The average molecular weight is 468 g/mol. The number of hydrogen-bond acceptors (Lipinski definition) is 3. The number of piperidine rings is 1. The number of aromatic nitrogens is 1. The lowest BCUT2D eigenvalue weighted by molar-refractivity contribution is 0.0937. The van der Waals surface area contributed by atoms with Crippen molar-refractivity contribution in [1.82, 2.24) is 14.8 Å².